The zero-order chi connectivity index (χ0) is 30.8. The highest BCUT2D eigenvalue weighted by molar-refractivity contribution is 5.99. The molecule has 0 unspecified atom stereocenters. The fraction of sp³-hybridized carbons (Fsp3) is 0.314. The average molecular weight is 605 g/mol. The number of halogens is 1. The van der Waals surface area contributed by atoms with Crippen LogP contribution in [-0.2, 0) is 6.54 Å². The fourth-order valence-electron chi connectivity index (χ4n) is 6.20. The Bertz CT molecular complexity index is 1940. The summed E-state index contributed by atoms with van der Waals surface area (Å²) in [5.41, 5.74) is 7.62. The fourth-order valence-corrected chi connectivity index (χ4v) is 6.20. The summed E-state index contributed by atoms with van der Waals surface area (Å²) < 4.78 is 20.5. The number of fused-ring (bicyclic) bond motifs is 2. The van der Waals surface area contributed by atoms with Crippen LogP contribution in [0.2, 0.25) is 0 Å². The molecule has 1 aromatic carbocycles. The van der Waals surface area contributed by atoms with E-state index >= 15 is 0 Å². The summed E-state index contributed by atoms with van der Waals surface area (Å²) in [6, 6.07) is 13.0. The molecule has 9 nitrogen and oxygen atoms in total. The molecule has 230 valence electrons. The van der Waals surface area contributed by atoms with Gasteiger partial charge in [0.25, 0.3) is 0 Å². The highest BCUT2D eigenvalue weighted by atomic mass is 19.1. The van der Waals surface area contributed by atoms with E-state index in [4.69, 9.17) is 4.74 Å². The van der Waals surface area contributed by atoms with Crippen molar-refractivity contribution >= 4 is 22.1 Å². The van der Waals surface area contributed by atoms with E-state index in [9.17, 15) is 4.39 Å². The number of ether oxygens (including phenoxy) is 1. The van der Waals surface area contributed by atoms with Crippen LogP contribution in [0.3, 0.4) is 0 Å². The van der Waals surface area contributed by atoms with Gasteiger partial charge >= 0.3 is 0 Å². The molecule has 6 aromatic rings. The maximum absolute atomic E-state index is 14.7. The Hall–Kier alpha value is -4.67. The van der Waals surface area contributed by atoms with Crippen molar-refractivity contribution in [3.63, 3.8) is 0 Å². The number of rotatable bonds is 11. The first-order valence-corrected chi connectivity index (χ1v) is 15.6. The van der Waals surface area contributed by atoms with E-state index in [0.29, 0.717) is 23.7 Å². The van der Waals surface area contributed by atoms with Gasteiger partial charge in [0.2, 0.25) is 0 Å². The predicted molar refractivity (Wildman–Crippen MR) is 175 cm³/mol. The second-order valence-corrected chi connectivity index (χ2v) is 12.2. The molecular formula is C35H37FN8O. The largest absolute Gasteiger partial charge is 0.492 e. The Labute approximate surface area is 261 Å². The number of nitrogens with one attached hydrogen (secondary N) is 3. The third-order valence-electron chi connectivity index (χ3n) is 8.57. The first kappa shape index (κ1) is 29.1. The van der Waals surface area contributed by atoms with E-state index in [1.165, 1.54) is 37.8 Å². The van der Waals surface area contributed by atoms with Crippen LogP contribution < -0.4 is 10.1 Å². The zero-order valence-corrected chi connectivity index (χ0v) is 25.6. The molecule has 1 aliphatic rings. The zero-order valence-electron chi connectivity index (χ0n) is 25.6. The molecular weight excluding hydrogens is 567 g/mol. The third kappa shape index (κ3) is 6.43. The normalized spacial score (nSPS) is 13.9. The lowest BCUT2D eigenvalue weighted by molar-refractivity contribution is 0.260. The first-order chi connectivity index (χ1) is 22.0. The topological polar surface area (TPSA) is 108 Å². The van der Waals surface area contributed by atoms with Crippen molar-refractivity contribution < 1.29 is 9.13 Å². The predicted octanol–water partition coefficient (Wildman–Crippen LogP) is 6.59. The van der Waals surface area contributed by atoms with Crippen molar-refractivity contribution in [3.8, 4) is 39.4 Å². The van der Waals surface area contributed by atoms with Gasteiger partial charge in [0.15, 0.2) is 5.65 Å². The SMILES string of the molecule is CN(C)CCOc1cc(F)cc(-c2ccnc3[nH]c(-c4[nH]nc5ncc(-c6cncc(CNCC7CCCC7)c6)cc45)cc23)c1. The molecule has 0 aliphatic heterocycles. The summed E-state index contributed by atoms with van der Waals surface area (Å²) in [7, 11) is 3.95. The van der Waals surface area contributed by atoms with E-state index in [0.717, 1.165) is 75.5 Å². The molecule has 0 bridgehead atoms. The van der Waals surface area contributed by atoms with Crippen LogP contribution in [0.4, 0.5) is 4.39 Å². The summed E-state index contributed by atoms with van der Waals surface area (Å²) in [6.45, 7) is 3.06. The van der Waals surface area contributed by atoms with E-state index in [1.54, 1.807) is 6.20 Å². The lowest BCUT2D eigenvalue weighted by Gasteiger charge is -2.12. The summed E-state index contributed by atoms with van der Waals surface area (Å²) in [6.07, 6.45) is 12.7. The van der Waals surface area contributed by atoms with Crippen molar-refractivity contribution in [2.75, 3.05) is 33.8 Å². The molecule has 3 N–H and O–H groups in total. The Morgan fingerprint density at radius 1 is 0.956 bits per heavy atom. The van der Waals surface area contributed by atoms with E-state index in [1.807, 2.05) is 55.8 Å². The van der Waals surface area contributed by atoms with Gasteiger partial charge in [-0.3, -0.25) is 10.1 Å². The van der Waals surface area contributed by atoms with Gasteiger partial charge in [0.05, 0.1) is 11.4 Å². The van der Waals surface area contributed by atoms with Gasteiger partial charge in [0, 0.05) is 65.8 Å². The summed E-state index contributed by atoms with van der Waals surface area (Å²) in [5.74, 6) is 0.935. The second kappa shape index (κ2) is 12.7. The van der Waals surface area contributed by atoms with Crippen molar-refractivity contribution in [1.29, 1.82) is 0 Å². The summed E-state index contributed by atoms with van der Waals surface area (Å²) >= 11 is 0. The number of likely N-dealkylation sites (N-methyl/N-ethyl adjacent to an activating group) is 1. The summed E-state index contributed by atoms with van der Waals surface area (Å²) in [5, 5.41) is 13.0. The Morgan fingerprint density at radius 3 is 2.69 bits per heavy atom. The van der Waals surface area contributed by atoms with Gasteiger partial charge in [0.1, 0.15) is 23.8 Å². The lowest BCUT2D eigenvalue weighted by Crippen LogP contribution is -2.20. The van der Waals surface area contributed by atoms with Gasteiger partial charge < -0.3 is 19.9 Å². The molecule has 5 aromatic heterocycles. The minimum atomic E-state index is -0.352. The van der Waals surface area contributed by atoms with Gasteiger partial charge in [-0.2, -0.15) is 5.10 Å². The Kier molecular flexibility index (Phi) is 8.23. The van der Waals surface area contributed by atoms with E-state index in [2.05, 4.69) is 47.6 Å². The Balaban J connectivity index is 1.17. The molecule has 0 saturated heterocycles. The number of pyridine rings is 3. The maximum atomic E-state index is 14.7. The molecule has 10 heteroatoms. The van der Waals surface area contributed by atoms with E-state index in [-0.39, 0.29) is 5.82 Å². The number of nitrogens with zero attached hydrogens (tertiary/aromatic N) is 5. The van der Waals surface area contributed by atoms with Crippen LogP contribution in [-0.4, -0.2) is 68.8 Å². The molecule has 0 atom stereocenters. The number of hydrogen-bond donors (Lipinski definition) is 3. The smallest absolute Gasteiger partial charge is 0.181 e. The van der Waals surface area contributed by atoms with Crippen LogP contribution in [0, 0.1) is 11.7 Å². The molecule has 1 saturated carbocycles. The van der Waals surface area contributed by atoms with Crippen molar-refractivity contribution in [2.45, 2.75) is 32.2 Å². The van der Waals surface area contributed by atoms with Gasteiger partial charge in [-0.05, 0) is 92.5 Å². The molecule has 5 heterocycles. The van der Waals surface area contributed by atoms with Crippen LogP contribution in [0.25, 0.3) is 55.7 Å². The van der Waals surface area contributed by atoms with Crippen molar-refractivity contribution in [2.24, 2.45) is 5.92 Å². The minimum absolute atomic E-state index is 0.352. The molecule has 0 amide bonds. The molecule has 0 spiro atoms. The molecule has 0 radical (unpaired) electrons. The summed E-state index contributed by atoms with van der Waals surface area (Å²) in [4.78, 5) is 19.2. The Morgan fingerprint density at radius 2 is 1.82 bits per heavy atom. The first-order valence-electron chi connectivity index (χ1n) is 15.6. The molecule has 1 fully saturated rings. The second-order valence-electron chi connectivity index (χ2n) is 12.2. The van der Waals surface area contributed by atoms with Gasteiger partial charge in [-0.1, -0.05) is 12.8 Å². The number of aromatic nitrogens is 6. The molecule has 45 heavy (non-hydrogen) atoms. The van der Waals surface area contributed by atoms with Crippen LogP contribution in [0.15, 0.2) is 67.3 Å². The average Bonchev–Trinajstić information content (AvgIpc) is 3.80. The van der Waals surface area contributed by atoms with Crippen molar-refractivity contribution in [1.82, 2.24) is 40.3 Å². The quantitative estimate of drug-likeness (QED) is 0.153. The lowest BCUT2D eigenvalue weighted by atomic mass is 10.0. The van der Waals surface area contributed by atoms with Crippen LogP contribution in [0.5, 0.6) is 5.75 Å². The number of hydrogen-bond acceptors (Lipinski definition) is 7. The monoisotopic (exact) mass is 604 g/mol. The minimum Gasteiger partial charge on any atom is -0.492 e. The third-order valence-corrected chi connectivity index (χ3v) is 8.57. The standard InChI is InChI=1S/C35H37FN8O/c1-44(2)9-10-45-28-13-24(12-27(36)15-28)29-7-8-39-34-30(29)16-32(41-34)33-31-14-26(21-40-35(31)43-42-33)25-11-23(19-38-20-25)18-37-17-22-5-3-4-6-22/h7-8,11-16,19-22,37H,3-6,9-10,17-18H2,1-2H3,(H,39,41)(H,40,42,43). The van der Waals surface area contributed by atoms with Crippen molar-refractivity contribution in [3.05, 3.63) is 78.6 Å². The van der Waals surface area contributed by atoms with Gasteiger partial charge in [-0.15, -0.1) is 0 Å². The van der Waals surface area contributed by atoms with Crippen LogP contribution in [0.1, 0.15) is 31.2 Å². The van der Waals surface area contributed by atoms with Crippen LogP contribution >= 0.6 is 0 Å². The van der Waals surface area contributed by atoms with Gasteiger partial charge in [-0.25, -0.2) is 14.4 Å². The maximum Gasteiger partial charge on any atom is 0.181 e. The molecule has 7 rings (SSSR count). The highest BCUT2D eigenvalue weighted by Gasteiger charge is 2.17. The molecule has 1 aliphatic carbocycles. The highest BCUT2D eigenvalue weighted by Crippen LogP contribution is 2.35. The number of benzene rings is 1. The number of aromatic amines is 2. The number of H-pyrrole nitrogens is 2. The van der Waals surface area contributed by atoms with E-state index < -0.39 is 0 Å².